The van der Waals surface area contributed by atoms with E-state index in [0.29, 0.717) is 18.1 Å². The van der Waals surface area contributed by atoms with E-state index < -0.39 is 5.97 Å². The van der Waals surface area contributed by atoms with E-state index in [-0.39, 0.29) is 5.56 Å². The summed E-state index contributed by atoms with van der Waals surface area (Å²) in [4.78, 5) is 19.1. The maximum Gasteiger partial charge on any atom is 0.335 e. The number of rotatable bonds is 5. The molecule has 0 saturated carbocycles. The van der Waals surface area contributed by atoms with Crippen LogP contribution in [0.15, 0.2) is 30.9 Å². The van der Waals surface area contributed by atoms with Gasteiger partial charge in [-0.15, -0.1) is 0 Å². The molecule has 0 amide bonds. The summed E-state index contributed by atoms with van der Waals surface area (Å²) in [6.45, 7) is 3.18. The molecule has 2 heterocycles. The zero-order chi connectivity index (χ0) is 13.0. The number of anilines is 1. The molecule has 0 fully saturated rings. The maximum absolute atomic E-state index is 10.9. The third kappa shape index (κ3) is 3.07. The number of hydrogen-bond donors (Lipinski definition) is 2. The number of aromatic carboxylic acids is 1. The van der Waals surface area contributed by atoms with Crippen molar-refractivity contribution in [1.29, 1.82) is 0 Å². The Morgan fingerprint density at radius 3 is 3.00 bits per heavy atom. The van der Waals surface area contributed by atoms with Crippen molar-refractivity contribution in [1.82, 2.24) is 14.5 Å². The number of carboxylic acids is 1. The molecule has 6 nitrogen and oxygen atoms in total. The van der Waals surface area contributed by atoms with E-state index in [2.05, 4.69) is 15.3 Å². The molecule has 0 aromatic carbocycles. The third-order valence-electron chi connectivity index (χ3n) is 2.44. The fourth-order valence-corrected chi connectivity index (χ4v) is 1.61. The van der Waals surface area contributed by atoms with Crippen LogP contribution < -0.4 is 5.32 Å². The highest BCUT2D eigenvalue weighted by Crippen LogP contribution is 2.10. The van der Waals surface area contributed by atoms with Gasteiger partial charge in [-0.3, -0.25) is 0 Å². The molecule has 0 atom stereocenters. The Bertz CT molecular complexity index is 537. The number of nitrogens with one attached hydrogen (secondary N) is 1. The Hall–Kier alpha value is -2.37. The minimum atomic E-state index is -0.946. The van der Waals surface area contributed by atoms with Crippen molar-refractivity contribution in [2.75, 3.05) is 11.9 Å². The third-order valence-corrected chi connectivity index (χ3v) is 2.44. The monoisotopic (exact) mass is 246 g/mol. The molecule has 2 N–H and O–H groups in total. The highest BCUT2D eigenvalue weighted by Gasteiger charge is 2.06. The SMILES string of the molecule is Cc1cc(C(=O)O)cc(NCCn2ccnc2)n1. The first kappa shape index (κ1) is 12.1. The number of imidazole rings is 1. The first-order valence-electron chi connectivity index (χ1n) is 5.57. The van der Waals surface area contributed by atoms with Crippen LogP contribution in [0.3, 0.4) is 0 Å². The van der Waals surface area contributed by atoms with Gasteiger partial charge in [-0.25, -0.2) is 14.8 Å². The van der Waals surface area contributed by atoms with Crippen LogP contribution in [0.5, 0.6) is 0 Å². The summed E-state index contributed by atoms with van der Waals surface area (Å²) in [6.07, 6.45) is 5.31. The predicted octanol–water partition coefficient (Wildman–Crippen LogP) is 1.40. The second-order valence-electron chi connectivity index (χ2n) is 3.91. The van der Waals surface area contributed by atoms with Gasteiger partial charge >= 0.3 is 5.97 Å². The molecule has 0 saturated heterocycles. The average Bonchev–Trinajstić information content (AvgIpc) is 2.81. The van der Waals surface area contributed by atoms with Gasteiger partial charge in [-0.2, -0.15) is 0 Å². The van der Waals surface area contributed by atoms with Crippen molar-refractivity contribution in [3.05, 3.63) is 42.1 Å². The van der Waals surface area contributed by atoms with Crippen molar-refractivity contribution >= 4 is 11.8 Å². The second kappa shape index (κ2) is 5.31. The lowest BCUT2D eigenvalue weighted by Gasteiger charge is -2.08. The molecular weight excluding hydrogens is 232 g/mol. The summed E-state index contributed by atoms with van der Waals surface area (Å²) in [5.74, 6) is -0.370. The summed E-state index contributed by atoms with van der Waals surface area (Å²) < 4.78 is 1.93. The van der Waals surface area contributed by atoms with Gasteiger partial charge in [-0.05, 0) is 19.1 Å². The first-order chi connectivity index (χ1) is 8.65. The van der Waals surface area contributed by atoms with Gasteiger partial charge in [0.1, 0.15) is 5.82 Å². The van der Waals surface area contributed by atoms with Crippen LogP contribution in [0.25, 0.3) is 0 Å². The Morgan fingerprint density at radius 2 is 2.33 bits per heavy atom. The van der Waals surface area contributed by atoms with E-state index in [9.17, 15) is 4.79 Å². The topological polar surface area (TPSA) is 80.0 Å². The van der Waals surface area contributed by atoms with Gasteiger partial charge in [0.2, 0.25) is 0 Å². The molecular formula is C12H14N4O2. The molecule has 2 aromatic rings. The Balaban J connectivity index is 1.98. The van der Waals surface area contributed by atoms with Crippen LogP contribution in [-0.2, 0) is 6.54 Å². The molecule has 6 heteroatoms. The number of hydrogen-bond acceptors (Lipinski definition) is 4. The van der Waals surface area contributed by atoms with Crippen molar-refractivity contribution in [2.45, 2.75) is 13.5 Å². The number of aromatic nitrogens is 3. The molecule has 0 aliphatic heterocycles. The van der Waals surface area contributed by atoms with Crippen LogP contribution in [0.4, 0.5) is 5.82 Å². The number of pyridine rings is 1. The van der Waals surface area contributed by atoms with Gasteiger partial charge in [0, 0.05) is 31.2 Å². The van der Waals surface area contributed by atoms with Crippen molar-refractivity contribution in [2.24, 2.45) is 0 Å². The molecule has 0 aliphatic carbocycles. The minimum absolute atomic E-state index is 0.243. The highest BCUT2D eigenvalue weighted by atomic mass is 16.4. The van der Waals surface area contributed by atoms with Crippen molar-refractivity contribution in [3.63, 3.8) is 0 Å². The molecule has 0 aliphatic rings. The van der Waals surface area contributed by atoms with Crippen LogP contribution >= 0.6 is 0 Å². The Labute approximate surface area is 104 Å². The molecule has 0 unspecified atom stereocenters. The molecule has 2 rings (SSSR count). The van der Waals surface area contributed by atoms with E-state index >= 15 is 0 Å². The molecule has 0 bridgehead atoms. The number of nitrogens with zero attached hydrogens (tertiary/aromatic N) is 3. The molecule has 18 heavy (non-hydrogen) atoms. The largest absolute Gasteiger partial charge is 0.478 e. The van der Waals surface area contributed by atoms with Gasteiger partial charge in [0.25, 0.3) is 0 Å². The average molecular weight is 246 g/mol. The van der Waals surface area contributed by atoms with E-state index in [1.54, 1.807) is 25.5 Å². The molecule has 0 radical (unpaired) electrons. The standard InChI is InChI=1S/C12H14N4O2/c1-9-6-10(12(17)18)7-11(15-9)14-3-5-16-4-2-13-8-16/h2,4,6-8H,3,5H2,1H3,(H,14,15)(H,17,18). The lowest BCUT2D eigenvalue weighted by atomic mass is 10.2. The maximum atomic E-state index is 10.9. The Kier molecular flexibility index (Phi) is 3.57. The van der Waals surface area contributed by atoms with Crippen LogP contribution in [0.2, 0.25) is 0 Å². The fraction of sp³-hybridized carbons (Fsp3) is 0.250. The number of carbonyl (C=O) groups is 1. The molecule has 94 valence electrons. The van der Waals surface area contributed by atoms with Crippen molar-refractivity contribution < 1.29 is 9.90 Å². The van der Waals surface area contributed by atoms with Crippen LogP contribution in [0.1, 0.15) is 16.1 Å². The molecule has 2 aromatic heterocycles. The lowest BCUT2D eigenvalue weighted by Crippen LogP contribution is -2.11. The lowest BCUT2D eigenvalue weighted by molar-refractivity contribution is 0.0696. The van der Waals surface area contributed by atoms with Crippen LogP contribution in [-0.4, -0.2) is 32.2 Å². The highest BCUT2D eigenvalue weighted by molar-refractivity contribution is 5.88. The normalized spacial score (nSPS) is 10.3. The van der Waals surface area contributed by atoms with Crippen molar-refractivity contribution in [3.8, 4) is 0 Å². The smallest absolute Gasteiger partial charge is 0.335 e. The quantitative estimate of drug-likeness (QED) is 0.833. The summed E-state index contributed by atoms with van der Waals surface area (Å²) in [7, 11) is 0. The summed E-state index contributed by atoms with van der Waals surface area (Å²) in [5.41, 5.74) is 0.924. The number of aryl methyl sites for hydroxylation is 1. The zero-order valence-corrected chi connectivity index (χ0v) is 10.00. The number of carboxylic acid groups (broad SMARTS) is 1. The summed E-state index contributed by atoms with van der Waals surface area (Å²) in [5, 5.41) is 12.0. The van der Waals surface area contributed by atoms with E-state index in [1.807, 2.05) is 10.8 Å². The predicted molar refractivity (Wildman–Crippen MR) is 66.7 cm³/mol. The second-order valence-corrected chi connectivity index (χ2v) is 3.91. The van der Waals surface area contributed by atoms with E-state index in [1.165, 1.54) is 6.07 Å². The van der Waals surface area contributed by atoms with E-state index in [4.69, 9.17) is 5.11 Å². The molecule has 0 spiro atoms. The first-order valence-corrected chi connectivity index (χ1v) is 5.57. The summed E-state index contributed by atoms with van der Waals surface area (Å²) in [6, 6.07) is 3.08. The fourth-order valence-electron chi connectivity index (χ4n) is 1.61. The van der Waals surface area contributed by atoms with Gasteiger partial charge < -0.3 is 15.0 Å². The Morgan fingerprint density at radius 1 is 1.50 bits per heavy atom. The minimum Gasteiger partial charge on any atom is -0.478 e. The summed E-state index contributed by atoms with van der Waals surface area (Å²) >= 11 is 0. The van der Waals surface area contributed by atoms with E-state index in [0.717, 1.165) is 6.54 Å². The van der Waals surface area contributed by atoms with Gasteiger partial charge in [0.05, 0.1) is 11.9 Å². The van der Waals surface area contributed by atoms with Gasteiger partial charge in [0.15, 0.2) is 0 Å². The zero-order valence-electron chi connectivity index (χ0n) is 10.00. The van der Waals surface area contributed by atoms with Gasteiger partial charge in [-0.1, -0.05) is 0 Å². The van der Waals surface area contributed by atoms with Crippen LogP contribution in [0, 0.1) is 6.92 Å².